The summed E-state index contributed by atoms with van der Waals surface area (Å²) >= 11 is 1.85. The lowest BCUT2D eigenvalue weighted by Crippen LogP contribution is -2.18. The van der Waals surface area contributed by atoms with E-state index in [1.807, 2.05) is 17.4 Å². The second-order valence-electron chi connectivity index (χ2n) is 16.4. The SMILES string of the molecule is CC1(C)c2ccccc2-c2c(-c3cccc4c3OCO4)cc(N(c3ccc(-c4ccccc4)cc3)c3ccc(-c4ccc5c(c4)sc4ccccc45)n3-c3ccccc3)cc21. The standard InChI is InChI=1S/C56H40N2O2S/c1-56(2)47-21-11-9-19-45(47)54-46(44-20-13-22-50-55(44)60-35-59-50)33-41(34-48(54)56)57(40-27-24-37(25-28-40)36-14-5-3-6-15-36)53-31-30-49(58(53)39-16-7-4-8-17-39)38-26-29-43-42-18-10-12-23-51(42)61-52(43)32-38/h3-34H,35H2,1-2H3. The Morgan fingerprint density at radius 3 is 2.07 bits per heavy atom. The molecule has 292 valence electrons. The molecule has 0 amide bonds. The quantitative estimate of drug-likeness (QED) is 0.161. The number of anilines is 3. The van der Waals surface area contributed by atoms with Crippen LogP contribution < -0.4 is 14.4 Å². The number of hydrogen-bond acceptors (Lipinski definition) is 4. The molecule has 2 aromatic heterocycles. The van der Waals surface area contributed by atoms with Crippen molar-refractivity contribution in [3.8, 4) is 61.8 Å². The molecule has 2 aliphatic rings. The highest BCUT2D eigenvalue weighted by Gasteiger charge is 2.39. The molecule has 0 saturated carbocycles. The second kappa shape index (κ2) is 13.9. The van der Waals surface area contributed by atoms with Gasteiger partial charge in [0.1, 0.15) is 5.82 Å². The molecule has 1 aliphatic heterocycles. The summed E-state index contributed by atoms with van der Waals surface area (Å²) in [5, 5.41) is 2.59. The van der Waals surface area contributed by atoms with Crippen molar-refractivity contribution >= 4 is 48.7 Å². The third-order valence-electron chi connectivity index (χ3n) is 12.6. The molecule has 0 fully saturated rings. The molecule has 3 heterocycles. The first-order valence-electron chi connectivity index (χ1n) is 20.8. The lowest BCUT2D eigenvalue weighted by Gasteiger charge is -2.30. The molecule has 8 aromatic carbocycles. The van der Waals surface area contributed by atoms with Gasteiger partial charge in [0, 0.05) is 53.8 Å². The van der Waals surface area contributed by atoms with Crippen LogP contribution >= 0.6 is 11.3 Å². The van der Waals surface area contributed by atoms with Crippen molar-refractivity contribution in [2.45, 2.75) is 19.3 Å². The number of rotatable bonds is 7. The maximum absolute atomic E-state index is 6.25. The number of benzene rings is 8. The number of aromatic nitrogens is 1. The summed E-state index contributed by atoms with van der Waals surface area (Å²) < 4.78 is 17.2. The number of fused-ring (bicyclic) bond motifs is 7. The van der Waals surface area contributed by atoms with Gasteiger partial charge in [-0.3, -0.25) is 9.47 Å². The lowest BCUT2D eigenvalue weighted by atomic mass is 9.81. The van der Waals surface area contributed by atoms with Gasteiger partial charge in [0.25, 0.3) is 0 Å². The summed E-state index contributed by atoms with van der Waals surface area (Å²) in [6.07, 6.45) is 0. The van der Waals surface area contributed by atoms with E-state index in [2.05, 4.69) is 211 Å². The molecule has 12 rings (SSSR count). The fraction of sp³-hybridized carbons (Fsp3) is 0.0714. The normalized spacial score (nSPS) is 13.4. The van der Waals surface area contributed by atoms with Crippen LogP contribution in [0.3, 0.4) is 0 Å². The Hall–Kier alpha value is -7.34. The largest absolute Gasteiger partial charge is 0.454 e. The molecule has 1 aliphatic carbocycles. The Morgan fingerprint density at radius 2 is 1.21 bits per heavy atom. The van der Waals surface area contributed by atoms with Crippen molar-refractivity contribution in [1.82, 2.24) is 4.57 Å². The monoisotopic (exact) mass is 804 g/mol. The molecule has 4 nitrogen and oxygen atoms in total. The van der Waals surface area contributed by atoms with Gasteiger partial charge in [-0.05, 0) is 106 Å². The summed E-state index contributed by atoms with van der Waals surface area (Å²) in [5.41, 5.74) is 14.8. The first-order valence-corrected chi connectivity index (χ1v) is 21.6. The Bertz CT molecular complexity index is 3310. The van der Waals surface area contributed by atoms with Crippen molar-refractivity contribution in [1.29, 1.82) is 0 Å². The molecule has 0 saturated heterocycles. The van der Waals surface area contributed by atoms with Crippen molar-refractivity contribution in [2.75, 3.05) is 11.7 Å². The molecule has 0 radical (unpaired) electrons. The van der Waals surface area contributed by atoms with E-state index in [-0.39, 0.29) is 12.2 Å². The minimum atomic E-state index is -0.263. The zero-order chi connectivity index (χ0) is 40.7. The molecule has 0 bridgehead atoms. The van der Waals surface area contributed by atoms with Gasteiger partial charge in [-0.1, -0.05) is 141 Å². The van der Waals surface area contributed by atoms with Gasteiger partial charge >= 0.3 is 0 Å². The minimum absolute atomic E-state index is 0.205. The van der Waals surface area contributed by atoms with Crippen LogP contribution in [0.25, 0.3) is 70.5 Å². The van der Waals surface area contributed by atoms with Crippen LogP contribution in [0, 0.1) is 0 Å². The first kappa shape index (κ1) is 35.6. The van der Waals surface area contributed by atoms with Crippen LogP contribution in [-0.4, -0.2) is 11.4 Å². The van der Waals surface area contributed by atoms with E-state index in [4.69, 9.17) is 9.47 Å². The molecule has 10 aromatic rings. The number of para-hydroxylation sites is 2. The number of hydrogen-bond donors (Lipinski definition) is 0. The average molecular weight is 805 g/mol. The lowest BCUT2D eigenvalue weighted by molar-refractivity contribution is 0.174. The van der Waals surface area contributed by atoms with Gasteiger partial charge < -0.3 is 9.47 Å². The molecule has 5 heteroatoms. The van der Waals surface area contributed by atoms with Gasteiger partial charge in [-0.15, -0.1) is 11.3 Å². The van der Waals surface area contributed by atoms with E-state index in [0.717, 1.165) is 56.8 Å². The van der Waals surface area contributed by atoms with Crippen molar-refractivity contribution in [2.24, 2.45) is 0 Å². The Labute approximate surface area is 359 Å². The maximum atomic E-state index is 6.25. The predicted octanol–water partition coefficient (Wildman–Crippen LogP) is 15.4. The smallest absolute Gasteiger partial charge is 0.231 e. The second-order valence-corrected chi connectivity index (χ2v) is 17.5. The highest BCUT2D eigenvalue weighted by atomic mass is 32.1. The molecule has 0 unspecified atom stereocenters. The Morgan fingerprint density at radius 1 is 0.508 bits per heavy atom. The summed E-state index contributed by atoms with van der Waals surface area (Å²) in [5.74, 6) is 2.59. The van der Waals surface area contributed by atoms with Crippen LogP contribution in [-0.2, 0) is 5.41 Å². The molecule has 0 atom stereocenters. The van der Waals surface area contributed by atoms with Crippen LogP contribution in [0.1, 0.15) is 25.0 Å². The van der Waals surface area contributed by atoms with Crippen LogP contribution in [0.15, 0.2) is 194 Å². The van der Waals surface area contributed by atoms with E-state index in [0.29, 0.717) is 0 Å². The molecule has 0 N–H and O–H groups in total. The molecule has 0 spiro atoms. The summed E-state index contributed by atoms with van der Waals surface area (Å²) in [6, 6.07) is 70.5. The Kier molecular flexibility index (Phi) is 8.09. The summed E-state index contributed by atoms with van der Waals surface area (Å²) in [6.45, 7) is 4.92. The highest BCUT2D eigenvalue weighted by molar-refractivity contribution is 7.25. The maximum Gasteiger partial charge on any atom is 0.231 e. The molecular weight excluding hydrogens is 765 g/mol. The average Bonchev–Trinajstić information content (AvgIpc) is 4.10. The van der Waals surface area contributed by atoms with Crippen LogP contribution in [0.5, 0.6) is 11.5 Å². The topological polar surface area (TPSA) is 26.6 Å². The predicted molar refractivity (Wildman–Crippen MR) is 253 cm³/mol. The van der Waals surface area contributed by atoms with Gasteiger partial charge in [-0.2, -0.15) is 0 Å². The van der Waals surface area contributed by atoms with E-state index in [1.165, 1.54) is 53.6 Å². The van der Waals surface area contributed by atoms with Gasteiger partial charge in [-0.25, -0.2) is 0 Å². The number of thiophene rings is 1. The molecular formula is C56H40N2O2S. The van der Waals surface area contributed by atoms with Gasteiger partial charge in [0.2, 0.25) is 6.79 Å². The van der Waals surface area contributed by atoms with E-state index >= 15 is 0 Å². The summed E-state index contributed by atoms with van der Waals surface area (Å²) in [7, 11) is 0. The van der Waals surface area contributed by atoms with Crippen LogP contribution in [0.4, 0.5) is 17.2 Å². The zero-order valence-electron chi connectivity index (χ0n) is 33.8. The van der Waals surface area contributed by atoms with Crippen molar-refractivity contribution in [3.63, 3.8) is 0 Å². The third-order valence-corrected chi connectivity index (χ3v) is 13.8. The minimum Gasteiger partial charge on any atom is -0.454 e. The van der Waals surface area contributed by atoms with E-state index < -0.39 is 0 Å². The fourth-order valence-corrected chi connectivity index (χ4v) is 10.8. The van der Waals surface area contributed by atoms with Crippen molar-refractivity contribution in [3.05, 3.63) is 205 Å². The van der Waals surface area contributed by atoms with Gasteiger partial charge in [0.15, 0.2) is 11.5 Å². The van der Waals surface area contributed by atoms with Gasteiger partial charge in [0.05, 0.1) is 5.69 Å². The number of ether oxygens (including phenoxy) is 2. The molecule has 61 heavy (non-hydrogen) atoms. The first-order chi connectivity index (χ1) is 30.0. The highest BCUT2D eigenvalue weighted by Crippen LogP contribution is 2.56. The Balaban J connectivity index is 1.13. The number of nitrogens with zero attached hydrogens (tertiary/aromatic N) is 2. The summed E-state index contributed by atoms with van der Waals surface area (Å²) in [4.78, 5) is 2.44. The van der Waals surface area contributed by atoms with Crippen molar-refractivity contribution < 1.29 is 9.47 Å². The third kappa shape index (κ3) is 5.65. The van der Waals surface area contributed by atoms with E-state index in [1.54, 1.807) is 0 Å². The fourth-order valence-electron chi connectivity index (χ4n) is 9.69. The van der Waals surface area contributed by atoms with E-state index in [9.17, 15) is 0 Å². The zero-order valence-corrected chi connectivity index (χ0v) is 34.6. The van der Waals surface area contributed by atoms with Crippen LogP contribution in [0.2, 0.25) is 0 Å².